The van der Waals surface area contributed by atoms with Gasteiger partial charge in [-0.1, -0.05) is 29.4 Å². The van der Waals surface area contributed by atoms with Crippen molar-refractivity contribution in [2.75, 3.05) is 25.9 Å². The summed E-state index contributed by atoms with van der Waals surface area (Å²) in [5.41, 5.74) is 1.77. The van der Waals surface area contributed by atoms with Gasteiger partial charge in [-0.2, -0.15) is 12.7 Å². The molecule has 2 rings (SSSR count). The Hall–Kier alpha value is -2.58. The zero-order chi connectivity index (χ0) is 17.7. The Kier molecular flexibility index (Phi) is 5.42. The van der Waals surface area contributed by atoms with Gasteiger partial charge in [-0.3, -0.25) is 4.72 Å². The smallest absolute Gasteiger partial charge is 0.301 e. The molecule has 7 nitrogen and oxygen atoms in total. The lowest BCUT2D eigenvalue weighted by Crippen LogP contribution is -2.29. The number of benzene rings is 2. The highest BCUT2D eigenvalue weighted by Gasteiger charge is 2.16. The highest BCUT2D eigenvalue weighted by Crippen LogP contribution is 2.23. The van der Waals surface area contributed by atoms with Gasteiger partial charge >= 0.3 is 10.2 Å². The van der Waals surface area contributed by atoms with Gasteiger partial charge < -0.3 is 9.94 Å². The lowest BCUT2D eigenvalue weighted by molar-refractivity contribution is 0.319. The third-order valence-corrected chi connectivity index (χ3v) is 4.78. The molecule has 2 aromatic carbocycles. The fraction of sp³-hybridized carbons (Fsp3) is 0.188. The summed E-state index contributed by atoms with van der Waals surface area (Å²) in [6, 6.07) is 13.7. The van der Waals surface area contributed by atoms with Crippen LogP contribution < -0.4 is 9.46 Å². The predicted octanol–water partition coefficient (Wildman–Crippen LogP) is 2.14. The van der Waals surface area contributed by atoms with E-state index in [0.717, 1.165) is 4.31 Å². The van der Waals surface area contributed by atoms with Crippen LogP contribution in [0, 0.1) is 0 Å². The largest absolute Gasteiger partial charge is 0.496 e. The quantitative estimate of drug-likeness (QED) is 0.475. The van der Waals surface area contributed by atoms with Gasteiger partial charge in [-0.05, 0) is 24.3 Å². The molecule has 24 heavy (non-hydrogen) atoms. The number of para-hydroxylation sites is 1. The van der Waals surface area contributed by atoms with Crippen LogP contribution >= 0.6 is 0 Å². The first-order valence-electron chi connectivity index (χ1n) is 7.05. The number of methoxy groups -OCH3 is 1. The Morgan fingerprint density at radius 3 is 2.50 bits per heavy atom. The monoisotopic (exact) mass is 349 g/mol. The van der Waals surface area contributed by atoms with Gasteiger partial charge in [0.1, 0.15) is 11.5 Å². The molecular formula is C16H19N3O4S. The third-order valence-electron chi connectivity index (χ3n) is 3.33. The fourth-order valence-electron chi connectivity index (χ4n) is 2.08. The molecule has 128 valence electrons. The SMILES string of the molecule is COc1ccccc1C(=NO)c1cccc(NS(=O)(=O)N(C)C)c1. The maximum Gasteiger partial charge on any atom is 0.301 e. The summed E-state index contributed by atoms with van der Waals surface area (Å²) in [5, 5.41) is 12.8. The van der Waals surface area contributed by atoms with Crippen molar-refractivity contribution in [2.45, 2.75) is 0 Å². The number of nitrogens with zero attached hydrogens (tertiary/aromatic N) is 2. The minimum atomic E-state index is -3.62. The van der Waals surface area contributed by atoms with E-state index >= 15 is 0 Å². The number of oxime groups is 1. The first-order valence-corrected chi connectivity index (χ1v) is 8.49. The van der Waals surface area contributed by atoms with Crippen LogP contribution in [0.25, 0.3) is 0 Å². The molecule has 0 fully saturated rings. The van der Waals surface area contributed by atoms with Crippen LogP contribution in [0.4, 0.5) is 5.69 Å². The number of rotatable bonds is 6. The number of anilines is 1. The number of hydrogen-bond donors (Lipinski definition) is 2. The highest BCUT2D eigenvalue weighted by molar-refractivity contribution is 7.90. The molecule has 2 N–H and O–H groups in total. The maximum atomic E-state index is 11.9. The van der Waals surface area contributed by atoms with Gasteiger partial charge in [0.2, 0.25) is 0 Å². The first kappa shape index (κ1) is 17.8. The normalized spacial score (nSPS) is 12.2. The molecule has 2 aromatic rings. The molecule has 0 radical (unpaired) electrons. The lowest BCUT2D eigenvalue weighted by atomic mass is 10.0. The standard InChI is InChI=1S/C16H19N3O4S/c1-19(2)24(21,22)18-13-8-6-7-12(11-13)16(17-20)14-9-4-5-10-15(14)23-3/h4-11,18,20H,1-3H3. The molecule has 0 aliphatic carbocycles. The minimum Gasteiger partial charge on any atom is -0.496 e. The summed E-state index contributed by atoms with van der Waals surface area (Å²) in [6.45, 7) is 0. The van der Waals surface area contributed by atoms with Gasteiger partial charge in [0, 0.05) is 25.2 Å². The molecule has 0 amide bonds. The number of hydrogen-bond acceptors (Lipinski definition) is 5. The number of ether oxygens (including phenoxy) is 1. The average Bonchev–Trinajstić information content (AvgIpc) is 2.56. The summed E-state index contributed by atoms with van der Waals surface area (Å²) < 4.78 is 32.7. The summed E-state index contributed by atoms with van der Waals surface area (Å²) in [7, 11) is 0.766. The zero-order valence-corrected chi connectivity index (χ0v) is 14.4. The van der Waals surface area contributed by atoms with Crippen LogP contribution in [0.15, 0.2) is 53.7 Å². The van der Waals surface area contributed by atoms with Crippen LogP contribution in [-0.2, 0) is 10.2 Å². The van der Waals surface area contributed by atoms with Gasteiger partial charge in [0.25, 0.3) is 0 Å². The summed E-state index contributed by atoms with van der Waals surface area (Å²) >= 11 is 0. The van der Waals surface area contributed by atoms with E-state index < -0.39 is 10.2 Å². The summed E-state index contributed by atoms with van der Waals surface area (Å²) in [4.78, 5) is 0. The molecule has 8 heteroatoms. The Balaban J connectivity index is 2.43. The van der Waals surface area contributed by atoms with Crippen LogP contribution in [0.3, 0.4) is 0 Å². The molecule has 0 aliphatic rings. The van der Waals surface area contributed by atoms with Gasteiger partial charge in [0.05, 0.1) is 12.8 Å². The Bertz CT molecular complexity index is 848. The van der Waals surface area contributed by atoms with Crippen LogP contribution in [0.5, 0.6) is 5.75 Å². The highest BCUT2D eigenvalue weighted by atomic mass is 32.2. The van der Waals surface area contributed by atoms with Crippen molar-refractivity contribution < 1.29 is 18.4 Å². The summed E-state index contributed by atoms with van der Waals surface area (Å²) in [6.07, 6.45) is 0. The Morgan fingerprint density at radius 1 is 1.17 bits per heavy atom. The molecule has 0 heterocycles. The van der Waals surface area contributed by atoms with E-state index in [1.807, 2.05) is 0 Å². The molecule has 0 atom stereocenters. The van der Waals surface area contributed by atoms with E-state index in [0.29, 0.717) is 22.6 Å². The van der Waals surface area contributed by atoms with Gasteiger partial charge in [-0.15, -0.1) is 0 Å². The van der Waals surface area contributed by atoms with E-state index in [2.05, 4.69) is 9.88 Å². The van der Waals surface area contributed by atoms with Crippen molar-refractivity contribution in [3.63, 3.8) is 0 Å². The second-order valence-electron chi connectivity index (χ2n) is 5.12. The second-order valence-corrected chi connectivity index (χ2v) is 7.00. The van der Waals surface area contributed by atoms with Gasteiger partial charge in [0.15, 0.2) is 0 Å². The maximum absolute atomic E-state index is 11.9. The van der Waals surface area contributed by atoms with Crippen molar-refractivity contribution in [3.8, 4) is 5.75 Å². The topological polar surface area (TPSA) is 91.2 Å². The van der Waals surface area contributed by atoms with Crippen molar-refractivity contribution in [2.24, 2.45) is 5.16 Å². The first-order chi connectivity index (χ1) is 11.4. The molecule has 0 saturated heterocycles. The van der Waals surface area contributed by atoms with E-state index in [1.54, 1.807) is 48.5 Å². The van der Waals surface area contributed by atoms with E-state index in [4.69, 9.17) is 4.74 Å². The van der Waals surface area contributed by atoms with E-state index in [1.165, 1.54) is 21.2 Å². The molecule has 0 unspecified atom stereocenters. The number of nitrogens with one attached hydrogen (secondary N) is 1. The van der Waals surface area contributed by atoms with Crippen LogP contribution in [0.2, 0.25) is 0 Å². The third kappa shape index (κ3) is 3.84. The predicted molar refractivity (Wildman–Crippen MR) is 93.1 cm³/mol. The lowest BCUT2D eigenvalue weighted by Gasteiger charge is -2.15. The summed E-state index contributed by atoms with van der Waals surface area (Å²) in [5.74, 6) is 0.546. The van der Waals surface area contributed by atoms with Crippen molar-refractivity contribution >= 4 is 21.6 Å². The Labute approximate surface area is 141 Å². The van der Waals surface area contributed by atoms with Crippen molar-refractivity contribution in [1.82, 2.24) is 4.31 Å². The van der Waals surface area contributed by atoms with Crippen molar-refractivity contribution in [3.05, 3.63) is 59.7 Å². The van der Waals surface area contributed by atoms with E-state index in [9.17, 15) is 13.6 Å². The molecular weight excluding hydrogens is 330 g/mol. The average molecular weight is 349 g/mol. The molecule has 0 saturated carbocycles. The zero-order valence-electron chi connectivity index (χ0n) is 13.6. The van der Waals surface area contributed by atoms with Crippen LogP contribution in [0.1, 0.15) is 11.1 Å². The van der Waals surface area contributed by atoms with E-state index in [-0.39, 0.29) is 5.71 Å². The van der Waals surface area contributed by atoms with Gasteiger partial charge in [-0.25, -0.2) is 0 Å². The molecule has 0 bridgehead atoms. The second kappa shape index (κ2) is 7.33. The molecule has 0 spiro atoms. The van der Waals surface area contributed by atoms with Crippen molar-refractivity contribution in [1.29, 1.82) is 0 Å². The minimum absolute atomic E-state index is 0.276. The van der Waals surface area contributed by atoms with Crippen LogP contribution in [-0.4, -0.2) is 44.8 Å². The Morgan fingerprint density at radius 2 is 1.88 bits per heavy atom. The fourth-order valence-corrected chi connectivity index (χ4v) is 2.68. The molecule has 0 aliphatic heterocycles. The molecule has 0 aromatic heterocycles.